The van der Waals surface area contributed by atoms with E-state index in [9.17, 15) is 13.8 Å². The van der Waals surface area contributed by atoms with Gasteiger partial charge in [-0.05, 0) is 126 Å². The molecule has 0 spiro atoms. The Morgan fingerprint density at radius 1 is 0.800 bits per heavy atom. The lowest BCUT2D eigenvalue weighted by Gasteiger charge is -2.72. The van der Waals surface area contributed by atoms with Gasteiger partial charge in [-0.15, -0.1) is 0 Å². The number of nitrogens with one attached hydrogen (secondary N) is 3. The molecule has 6 aliphatic carbocycles. The van der Waals surface area contributed by atoms with E-state index in [1.54, 1.807) is 0 Å². The molecule has 6 rings (SSSR count). The number of aliphatic hydroxyl groups excluding tert-OH is 1. The molecule has 0 radical (unpaired) electrons. The second-order valence-corrected chi connectivity index (χ2v) is 17.6. The summed E-state index contributed by atoms with van der Waals surface area (Å²) in [6.45, 7) is 21.3. The summed E-state index contributed by atoms with van der Waals surface area (Å²) >= 11 is 0. The van der Waals surface area contributed by atoms with E-state index in [1.165, 1.54) is 0 Å². The normalized spacial score (nSPS) is 34.6. The van der Waals surface area contributed by atoms with E-state index in [2.05, 4.69) is 29.2 Å². The summed E-state index contributed by atoms with van der Waals surface area (Å²) in [5, 5.41) is 13.0. The Morgan fingerprint density at radius 3 is 1.40 bits per heavy atom. The van der Waals surface area contributed by atoms with Crippen LogP contribution < -0.4 is 21.1 Å². The van der Waals surface area contributed by atoms with Crippen LogP contribution in [0.2, 0.25) is 0 Å². The summed E-state index contributed by atoms with van der Waals surface area (Å²) in [6.07, 6.45) is 5.22. The van der Waals surface area contributed by atoms with E-state index < -0.39 is 22.2 Å². The Kier molecular flexibility index (Phi) is 7.77. The van der Waals surface area contributed by atoms with Crippen molar-refractivity contribution in [3.05, 3.63) is 0 Å². The number of nitrogens with two attached hydrogens (primary N) is 1. The van der Waals surface area contributed by atoms with Gasteiger partial charge in [0.15, 0.2) is 0 Å². The zero-order chi connectivity index (χ0) is 41.2. The first-order valence-electron chi connectivity index (χ1n) is 19.3. The van der Waals surface area contributed by atoms with Gasteiger partial charge in [-0.3, -0.25) is 0 Å². The van der Waals surface area contributed by atoms with Crippen molar-refractivity contribution in [3.8, 4) is 0 Å². The van der Waals surface area contributed by atoms with Crippen LogP contribution in [0.25, 0.3) is 0 Å². The third kappa shape index (κ3) is 7.89. The molecular formula is C29H68N4O6S. The minimum atomic E-state index is -1.06. The number of rotatable bonds is 6. The average molecular weight is 612 g/mol. The quantitative estimate of drug-likeness (QED) is 0.257. The van der Waals surface area contributed by atoms with Crippen LogP contribution in [0.15, 0.2) is 0 Å². The fourth-order valence-electron chi connectivity index (χ4n) is 6.44. The Morgan fingerprint density at radius 2 is 1.12 bits per heavy atom. The molecule has 6 N–H and O–H groups in total. The van der Waals surface area contributed by atoms with Gasteiger partial charge in [-0.25, -0.2) is 18.5 Å². The van der Waals surface area contributed by atoms with Crippen molar-refractivity contribution in [2.24, 2.45) is 16.6 Å². The van der Waals surface area contributed by atoms with E-state index in [1.807, 2.05) is 62.3 Å². The summed E-state index contributed by atoms with van der Waals surface area (Å²) in [7, 11) is -0.0567. The topological polar surface area (TPSA) is 152 Å². The van der Waals surface area contributed by atoms with E-state index in [0.29, 0.717) is 5.41 Å². The smallest absolute Gasteiger partial charge is 0.408 e. The Balaban J connectivity index is -0.000000215. The van der Waals surface area contributed by atoms with Gasteiger partial charge in [0.25, 0.3) is 0 Å². The molecule has 3 atom stereocenters. The van der Waals surface area contributed by atoms with Crippen LogP contribution in [-0.2, 0) is 20.5 Å². The predicted octanol–water partition coefficient (Wildman–Crippen LogP) is 5.74. The van der Waals surface area contributed by atoms with Crippen LogP contribution in [0.3, 0.4) is 0 Å². The predicted molar refractivity (Wildman–Crippen MR) is 172 cm³/mol. The summed E-state index contributed by atoms with van der Waals surface area (Å²) in [4.78, 5) is 23.5. The van der Waals surface area contributed by atoms with Crippen LogP contribution in [0, 0.1) is 10.8 Å². The third-order valence-electron chi connectivity index (χ3n) is 8.40. The van der Waals surface area contributed by atoms with Gasteiger partial charge < -0.3 is 30.9 Å². The van der Waals surface area contributed by atoms with Crippen LogP contribution in [-0.4, -0.2) is 67.7 Å². The summed E-state index contributed by atoms with van der Waals surface area (Å²) in [6, 6.07) is 0.421. The third-order valence-corrected chi connectivity index (χ3v) is 10.1. The van der Waals surface area contributed by atoms with Crippen LogP contribution in [0.5, 0.6) is 0 Å². The molecule has 2 amide bonds. The molecule has 0 saturated heterocycles. The number of carbonyl (C=O) groups excluding carboxylic acids is 2. The monoisotopic (exact) mass is 612 g/mol. The molecule has 246 valence electrons. The van der Waals surface area contributed by atoms with Gasteiger partial charge >= 0.3 is 12.2 Å². The van der Waals surface area contributed by atoms with Crippen molar-refractivity contribution in [3.63, 3.8) is 0 Å². The number of hydrogen-bond acceptors (Lipinski definition) is 7. The maximum absolute atomic E-state index is 12.2. The van der Waals surface area contributed by atoms with Crippen LogP contribution in [0.1, 0.15) is 131 Å². The van der Waals surface area contributed by atoms with E-state index in [-0.39, 0.29) is 46.9 Å². The molecule has 0 unspecified atom stereocenters. The number of ether oxygens (including phenoxy) is 2. The van der Waals surface area contributed by atoms with E-state index in [4.69, 9.17) is 35.2 Å². The fourth-order valence-corrected chi connectivity index (χ4v) is 7.37. The average Bonchev–Trinajstić information content (AvgIpc) is 2.95. The van der Waals surface area contributed by atoms with Crippen LogP contribution in [0.4, 0.5) is 9.59 Å². The maximum Gasteiger partial charge on any atom is 0.408 e. The molecule has 6 fully saturated rings. The molecule has 4 bridgehead atoms. The molecule has 0 heterocycles. The van der Waals surface area contributed by atoms with Crippen LogP contribution >= 0.6 is 0 Å². The molecule has 11 heteroatoms. The first-order valence-corrected chi connectivity index (χ1v) is 15.5. The van der Waals surface area contributed by atoms with Gasteiger partial charge in [-0.2, -0.15) is 0 Å². The number of aliphatic hydroxyl groups is 1. The van der Waals surface area contributed by atoms with Crippen molar-refractivity contribution in [2.45, 2.75) is 154 Å². The number of carbonyl (C=O) groups is 2. The molecular weight excluding hydrogens is 532 g/mol. The minimum Gasteiger partial charge on any atom is -0.444 e. The molecule has 40 heavy (non-hydrogen) atoms. The Hall–Kier alpha value is -1.43. The summed E-state index contributed by atoms with van der Waals surface area (Å²) in [5.74, 6) is 0. The first-order chi connectivity index (χ1) is 22.9. The summed E-state index contributed by atoms with van der Waals surface area (Å²) in [5.41, 5.74) is 5.40. The molecule has 0 aromatic carbocycles. The fraction of sp³-hybridized carbons (Fsp3) is 0.931. The number of hydrogen-bond donors (Lipinski definition) is 5. The molecule has 10 nitrogen and oxygen atoms in total. The lowest BCUT2D eigenvalue weighted by atomic mass is 9.37. The second-order valence-electron chi connectivity index (χ2n) is 15.6. The zero-order valence-electron chi connectivity index (χ0n) is 36.9. The van der Waals surface area contributed by atoms with Gasteiger partial charge in [0, 0.05) is 46.5 Å². The largest absolute Gasteiger partial charge is 0.444 e. The highest BCUT2D eigenvalue weighted by Gasteiger charge is 2.71. The number of amides is 2. The van der Waals surface area contributed by atoms with Crippen molar-refractivity contribution >= 4 is 23.2 Å². The SMILES string of the molecule is CO.C[C@@H](N)C12CC(NC(=O)OC(C)(C)C)(C1)C2.C[C@@H](N[S@](=O)C(C)(C)C)C12CC(NC(=O)OC(C)(C)C)(C1)C2.[2HH].[2H][2H].[2H][2H].[2H][2H].[2H][2H].[2H][2H]. The van der Waals surface area contributed by atoms with Gasteiger partial charge in [0.1, 0.15) is 11.2 Å². The standard InChI is InChI=1S/C16H30N2O3S.C12H22N2O2.CH4O.6H2/c1-11(18-22(20)14(5,6)7)15-8-16(9-15,10-15)17-12(19)21-13(2,3)4;1-8(13)11-5-12(6-11,7-11)14-9(15)16-10(2,3)4;1-2;;;;;;/h11,18H,8-10H2,1-7H3,(H,17,19);8H,5-7,13H2,1-4H3,(H,14,15);2H,1H3;6*1H/t11-,15?,16?,22-;8-,11?,12?;;;;;;;/m11......./s1/i;;;5*1+1D;1+1. The van der Waals surface area contributed by atoms with E-state index >= 15 is 0 Å². The van der Waals surface area contributed by atoms with Crippen molar-refractivity contribution < 1.29 is 44.7 Å². The van der Waals surface area contributed by atoms with E-state index in [0.717, 1.165) is 45.6 Å². The molecule has 0 aromatic heterocycles. The first kappa shape index (κ1) is 27.4. The maximum atomic E-state index is 12.2. The molecule has 0 aliphatic heterocycles. The van der Waals surface area contributed by atoms with Gasteiger partial charge in [0.2, 0.25) is 0 Å². The molecule has 6 aliphatic rings. The van der Waals surface area contributed by atoms with Gasteiger partial charge in [0.05, 0.1) is 15.7 Å². The van der Waals surface area contributed by atoms with Gasteiger partial charge in [-0.1, -0.05) is 0 Å². The Bertz CT molecular complexity index is 962. The Labute approximate surface area is 261 Å². The molecule has 0 aromatic rings. The lowest BCUT2D eigenvalue weighted by Crippen LogP contribution is -2.79. The highest BCUT2D eigenvalue weighted by Crippen LogP contribution is 2.69. The van der Waals surface area contributed by atoms with Crippen molar-refractivity contribution in [1.29, 1.82) is 0 Å². The summed E-state index contributed by atoms with van der Waals surface area (Å²) < 4.78 is 75.7. The highest BCUT2D eigenvalue weighted by atomic mass is 32.2. The lowest BCUT2D eigenvalue weighted by molar-refractivity contribution is -0.165. The minimum absolute atomic E-state index is 0. The zero-order valence-corrected chi connectivity index (χ0v) is 27.7. The molecule has 6 saturated carbocycles. The number of alkyl carbamates (subject to hydrolysis) is 2. The highest BCUT2D eigenvalue weighted by molar-refractivity contribution is 7.84. The van der Waals surface area contributed by atoms with Crippen molar-refractivity contribution in [1.82, 2.24) is 15.4 Å². The van der Waals surface area contributed by atoms with Crippen molar-refractivity contribution in [2.75, 3.05) is 7.11 Å². The second kappa shape index (κ2) is 11.3.